The fourth-order valence-electron chi connectivity index (χ4n) is 3.27. The highest BCUT2D eigenvalue weighted by Gasteiger charge is 2.34. The minimum absolute atomic E-state index is 0.0949. The number of carbonyl (C=O) groups excluding carboxylic acids is 1. The average molecular weight is 356 g/mol. The van der Waals surface area contributed by atoms with E-state index >= 15 is 0 Å². The summed E-state index contributed by atoms with van der Waals surface area (Å²) in [5.74, 6) is 0.767. The molecular weight excluding hydrogens is 336 g/mol. The first-order valence-corrected chi connectivity index (χ1v) is 9.42. The fourth-order valence-corrected chi connectivity index (χ4v) is 4.44. The summed E-state index contributed by atoms with van der Waals surface area (Å²) >= 11 is 1.59. The van der Waals surface area contributed by atoms with Crippen LogP contribution in [-0.4, -0.2) is 43.1 Å². The number of rotatable bonds is 3. The molecule has 2 aromatic carbocycles. The number of nitrogens with zero attached hydrogens (tertiary/aromatic N) is 2. The number of aromatic hydroxyl groups is 1. The van der Waals surface area contributed by atoms with E-state index in [0.29, 0.717) is 5.75 Å². The lowest BCUT2D eigenvalue weighted by atomic mass is 10.1. The van der Waals surface area contributed by atoms with Crippen LogP contribution in [0.3, 0.4) is 0 Å². The molecule has 5 nitrogen and oxygen atoms in total. The molecule has 6 heteroatoms. The number of phenolic OH excluding ortho intramolecular Hbond substituents is 1. The van der Waals surface area contributed by atoms with E-state index in [1.807, 2.05) is 29.2 Å². The number of phenols is 1. The maximum atomic E-state index is 12.4. The molecule has 0 radical (unpaired) electrons. The number of anilines is 2. The zero-order chi connectivity index (χ0) is 17.2. The van der Waals surface area contributed by atoms with Crippen molar-refractivity contribution in [3.05, 3.63) is 54.1 Å². The Morgan fingerprint density at radius 1 is 1.04 bits per heavy atom. The van der Waals surface area contributed by atoms with Crippen LogP contribution in [0.15, 0.2) is 48.5 Å². The van der Waals surface area contributed by atoms with Gasteiger partial charge in [0.25, 0.3) is 0 Å². The summed E-state index contributed by atoms with van der Waals surface area (Å²) in [4.78, 5) is 16.6. The standard InChI is InChI=1S/C19H20N2O3S/c22-17-3-1-2-14(12-17)19-21(18(23)13-25-19)16-6-4-15(5-7-16)20-8-10-24-11-9-20/h1-7,12,19,22H,8-11,13H2. The molecule has 2 heterocycles. The number of morpholine rings is 1. The highest BCUT2D eigenvalue weighted by Crippen LogP contribution is 2.42. The third-order valence-electron chi connectivity index (χ3n) is 4.53. The van der Waals surface area contributed by atoms with Gasteiger partial charge in [-0.3, -0.25) is 9.69 Å². The van der Waals surface area contributed by atoms with Gasteiger partial charge in [0.15, 0.2) is 0 Å². The summed E-state index contributed by atoms with van der Waals surface area (Å²) in [6.45, 7) is 3.29. The summed E-state index contributed by atoms with van der Waals surface area (Å²) in [7, 11) is 0. The van der Waals surface area contributed by atoms with Crippen LogP contribution in [0.1, 0.15) is 10.9 Å². The van der Waals surface area contributed by atoms with Crippen LogP contribution >= 0.6 is 11.8 Å². The van der Waals surface area contributed by atoms with Crippen molar-refractivity contribution in [2.75, 3.05) is 41.9 Å². The van der Waals surface area contributed by atoms with Crippen LogP contribution in [0.4, 0.5) is 11.4 Å². The Morgan fingerprint density at radius 2 is 1.76 bits per heavy atom. The monoisotopic (exact) mass is 356 g/mol. The molecule has 2 aliphatic heterocycles. The Morgan fingerprint density at radius 3 is 2.48 bits per heavy atom. The maximum Gasteiger partial charge on any atom is 0.238 e. The molecular formula is C19H20N2O3S. The second-order valence-electron chi connectivity index (χ2n) is 6.14. The Hall–Kier alpha value is -2.18. The van der Waals surface area contributed by atoms with E-state index in [4.69, 9.17) is 4.74 Å². The molecule has 1 amide bonds. The van der Waals surface area contributed by atoms with Crippen LogP contribution in [0, 0.1) is 0 Å². The van der Waals surface area contributed by atoms with E-state index in [0.717, 1.165) is 43.2 Å². The van der Waals surface area contributed by atoms with Gasteiger partial charge in [-0.15, -0.1) is 11.8 Å². The number of ether oxygens (including phenoxy) is 1. The van der Waals surface area contributed by atoms with Gasteiger partial charge < -0.3 is 14.7 Å². The molecule has 1 N–H and O–H groups in total. The normalized spacial score (nSPS) is 21.0. The van der Waals surface area contributed by atoms with Crippen molar-refractivity contribution in [3.63, 3.8) is 0 Å². The molecule has 25 heavy (non-hydrogen) atoms. The second-order valence-corrected chi connectivity index (χ2v) is 7.21. The van der Waals surface area contributed by atoms with Crippen molar-refractivity contribution in [1.29, 1.82) is 0 Å². The van der Waals surface area contributed by atoms with Crippen molar-refractivity contribution >= 4 is 29.0 Å². The van der Waals surface area contributed by atoms with Crippen LogP contribution in [0.25, 0.3) is 0 Å². The first-order valence-electron chi connectivity index (χ1n) is 8.38. The molecule has 1 atom stereocenters. The molecule has 1 unspecified atom stereocenters. The topological polar surface area (TPSA) is 53.0 Å². The van der Waals surface area contributed by atoms with Crippen molar-refractivity contribution in [2.45, 2.75) is 5.37 Å². The van der Waals surface area contributed by atoms with Crippen molar-refractivity contribution in [3.8, 4) is 5.75 Å². The van der Waals surface area contributed by atoms with E-state index < -0.39 is 0 Å². The van der Waals surface area contributed by atoms with Crippen molar-refractivity contribution in [2.24, 2.45) is 0 Å². The molecule has 4 rings (SSSR count). The third-order valence-corrected chi connectivity index (χ3v) is 5.74. The first-order chi connectivity index (χ1) is 12.2. The van der Waals surface area contributed by atoms with Gasteiger partial charge in [-0.1, -0.05) is 12.1 Å². The van der Waals surface area contributed by atoms with E-state index in [1.54, 1.807) is 23.9 Å². The minimum atomic E-state index is -0.103. The number of thioether (sulfide) groups is 1. The molecule has 0 bridgehead atoms. The van der Waals surface area contributed by atoms with Crippen molar-refractivity contribution < 1.29 is 14.6 Å². The Balaban J connectivity index is 1.59. The molecule has 0 spiro atoms. The molecule has 130 valence electrons. The lowest BCUT2D eigenvalue weighted by Gasteiger charge is -2.30. The molecule has 0 aromatic heterocycles. The number of benzene rings is 2. The highest BCUT2D eigenvalue weighted by molar-refractivity contribution is 8.00. The number of hydrogen-bond acceptors (Lipinski definition) is 5. The molecule has 0 aliphatic carbocycles. The van der Waals surface area contributed by atoms with Crippen LogP contribution < -0.4 is 9.80 Å². The smallest absolute Gasteiger partial charge is 0.238 e. The van der Waals surface area contributed by atoms with Gasteiger partial charge >= 0.3 is 0 Å². The minimum Gasteiger partial charge on any atom is -0.508 e. The first kappa shape index (κ1) is 16.3. The Kier molecular flexibility index (Phi) is 4.55. The lowest BCUT2D eigenvalue weighted by Crippen LogP contribution is -2.36. The summed E-state index contributed by atoms with van der Waals surface area (Å²) in [6.07, 6.45) is 0. The third kappa shape index (κ3) is 3.32. The van der Waals surface area contributed by atoms with Gasteiger partial charge in [-0.05, 0) is 42.0 Å². The number of carbonyl (C=O) groups is 1. The van der Waals surface area contributed by atoms with Gasteiger partial charge in [-0.2, -0.15) is 0 Å². The van der Waals surface area contributed by atoms with Gasteiger partial charge in [0, 0.05) is 24.5 Å². The molecule has 0 saturated carbocycles. The average Bonchev–Trinajstić information content (AvgIpc) is 3.04. The predicted molar refractivity (Wildman–Crippen MR) is 100 cm³/mol. The zero-order valence-electron chi connectivity index (χ0n) is 13.8. The Labute approximate surface area is 151 Å². The van der Waals surface area contributed by atoms with E-state index in [2.05, 4.69) is 17.0 Å². The van der Waals surface area contributed by atoms with E-state index in [9.17, 15) is 9.90 Å². The maximum absolute atomic E-state index is 12.4. The van der Waals surface area contributed by atoms with Gasteiger partial charge in [-0.25, -0.2) is 0 Å². The summed E-state index contributed by atoms with van der Waals surface area (Å²) in [5.41, 5.74) is 2.98. The fraction of sp³-hybridized carbons (Fsp3) is 0.316. The molecule has 2 aliphatic rings. The van der Waals surface area contributed by atoms with Crippen LogP contribution in [0.5, 0.6) is 5.75 Å². The zero-order valence-corrected chi connectivity index (χ0v) is 14.6. The predicted octanol–water partition coefficient (Wildman–Crippen LogP) is 3.01. The SMILES string of the molecule is O=C1CSC(c2cccc(O)c2)N1c1ccc(N2CCOCC2)cc1. The quantitative estimate of drug-likeness (QED) is 0.916. The lowest BCUT2D eigenvalue weighted by molar-refractivity contribution is -0.115. The van der Waals surface area contributed by atoms with Crippen LogP contribution in [0.2, 0.25) is 0 Å². The van der Waals surface area contributed by atoms with Crippen molar-refractivity contribution in [1.82, 2.24) is 0 Å². The van der Waals surface area contributed by atoms with E-state index in [1.165, 1.54) is 0 Å². The summed E-state index contributed by atoms with van der Waals surface area (Å²) < 4.78 is 5.40. The summed E-state index contributed by atoms with van der Waals surface area (Å²) in [5, 5.41) is 9.65. The van der Waals surface area contributed by atoms with Gasteiger partial charge in [0.2, 0.25) is 5.91 Å². The molecule has 2 fully saturated rings. The molecule has 2 saturated heterocycles. The number of hydrogen-bond donors (Lipinski definition) is 1. The number of amides is 1. The summed E-state index contributed by atoms with van der Waals surface area (Å²) in [6, 6.07) is 15.3. The van der Waals surface area contributed by atoms with E-state index in [-0.39, 0.29) is 17.0 Å². The van der Waals surface area contributed by atoms with Crippen LogP contribution in [-0.2, 0) is 9.53 Å². The molecule has 2 aromatic rings. The highest BCUT2D eigenvalue weighted by atomic mass is 32.2. The largest absolute Gasteiger partial charge is 0.508 e. The van der Waals surface area contributed by atoms with Gasteiger partial charge in [0.05, 0.1) is 19.0 Å². The second kappa shape index (κ2) is 6.98. The van der Waals surface area contributed by atoms with Gasteiger partial charge in [0.1, 0.15) is 11.1 Å². The Bertz CT molecular complexity index is 760.